The third-order valence-corrected chi connectivity index (χ3v) is 8.43. The van der Waals surface area contributed by atoms with Crippen molar-refractivity contribution in [1.82, 2.24) is 9.88 Å². The van der Waals surface area contributed by atoms with E-state index in [1.54, 1.807) is 18.0 Å². The van der Waals surface area contributed by atoms with Crippen LogP contribution in [0.3, 0.4) is 0 Å². The maximum Gasteiger partial charge on any atom is 0.257 e. The number of pyridine rings is 1. The molecule has 192 valence electrons. The number of carbonyl (C=O) groups is 2. The van der Waals surface area contributed by atoms with Crippen LogP contribution >= 0.6 is 0 Å². The molecule has 0 radical (unpaired) electrons. The molecule has 1 unspecified atom stereocenters. The van der Waals surface area contributed by atoms with Gasteiger partial charge in [-0.25, -0.2) is 8.42 Å². The van der Waals surface area contributed by atoms with E-state index in [0.29, 0.717) is 47.2 Å². The molecular weight excluding hydrogens is 480 g/mol. The number of nitrogens with one attached hydrogen (secondary N) is 1. The van der Waals surface area contributed by atoms with Crippen LogP contribution in [0.4, 0.5) is 17.1 Å². The molecule has 1 aromatic carbocycles. The van der Waals surface area contributed by atoms with Crippen LogP contribution < -0.4 is 9.62 Å². The maximum absolute atomic E-state index is 13.0. The minimum atomic E-state index is -3.55. The van der Waals surface area contributed by atoms with Gasteiger partial charge in [0.1, 0.15) is 5.78 Å². The Bertz CT molecular complexity index is 1320. The van der Waals surface area contributed by atoms with E-state index >= 15 is 0 Å². The first-order valence-electron chi connectivity index (χ1n) is 12.4. The van der Waals surface area contributed by atoms with Crippen LogP contribution in [-0.4, -0.2) is 63.6 Å². The van der Waals surface area contributed by atoms with E-state index < -0.39 is 10.0 Å². The summed E-state index contributed by atoms with van der Waals surface area (Å²) in [7, 11) is -0.310. The monoisotopic (exact) mass is 512 g/mol. The Morgan fingerprint density at radius 1 is 1.22 bits per heavy atom. The lowest BCUT2D eigenvalue weighted by atomic mass is 9.93. The quantitative estimate of drug-likeness (QED) is 0.578. The molecule has 36 heavy (non-hydrogen) atoms. The molecule has 3 aliphatic rings. The number of ether oxygens (including phenoxy) is 1. The third-order valence-electron chi connectivity index (χ3n) is 7.24. The number of benzene rings is 1. The normalized spacial score (nSPS) is 19.8. The van der Waals surface area contributed by atoms with Crippen molar-refractivity contribution < 1.29 is 22.7 Å². The average molecular weight is 513 g/mol. The number of sulfonamides is 1. The summed E-state index contributed by atoms with van der Waals surface area (Å²) in [6.07, 6.45) is 5.18. The Labute approximate surface area is 211 Å². The van der Waals surface area contributed by atoms with Crippen LogP contribution in [-0.2, 0) is 32.5 Å². The lowest BCUT2D eigenvalue weighted by Crippen LogP contribution is -2.26. The van der Waals surface area contributed by atoms with Crippen LogP contribution in [0, 0.1) is 5.92 Å². The second-order valence-electron chi connectivity index (χ2n) is 10.1. The number of Topliss-reactive ketones (excluding diaryl/α,β-unsaturated/α-hetero) is 1. The van der Waals surface area contributed by atoms with Gasteiger partial charge < -0.3 is 15.0 Å². The number of hydrogen-bond acceptors (Lipinski definition) is 7. The fraction of sp³-hybridized carbons (Fsp3) is 0.500. The minimum absolute atomic E-state index is 0.118. The van der Waals surface area contributed by atoms with E-state index in [0.717, 1.165) is 44.1 Å². The minimum Gasteiger partial charge on any atom is -0.381 e. The molecule has 2 aromatic rings. The lowest BCUT2D eigenvalue weighted by molar-refractivity contribution is -0.119. The van der Waals surface area contributed by atoms with Gasteiger partial charge in [-0.2, -0.15) is 0 Å². The molecule has 1 atom stereocenters. The maximum atomic E-state index is 13.0. The average Bonchev–Trinajstić information content (AvgIpc) is 3.65. The second kappa shape index (κ2) is 9.48. The number of carbonyl (C=O) groups excluding carboxylic acids is 2. The van der Waals surface area contributed by atoms with Gasteiger partial charge in [0.2, 0.25) is 10.0 Å². The van der Waals surface area contributed by atoms with E-state index in [4.69, 9.17) is 4.74 Å². The molecule has 5 rings (SSSR count). The molecule has 10 heteroatoms. The van der Waals surface area contributed by atoms with Crippen LogP contribution in [0.2, 0.25) is 0 Å². The van der Waals surface area contributed by atoms with Gasteiger partial charge in [-0.05, 0) is 49.4 Å². The second-order valence-corrected chi connectivity index (χ2v) is 12.1. The summed E-state index contributed by atoms with van der Waals surface area (Å²) >= 11 is 0. The molecule has 1 saturated carbocycles. The molecule has 2 aliphatic heterocycles. The summed E-state index contributed by atoms with van der Waals surface area (Å²) in [6, 6.07) is 7.47. The predicted molar refractivity (Wildman–Crippen MR) is 137 cm³/mol. The molecule has 0 bridgehead atoms. The van der Waals surface area contributed by atoms with Crippen molar-refractivity contribution >= 4 is 38.8 Å². The number of fused-ring (bicyclic) bond motifs is 1. The van der Waals surface area contributed by atoms with Crippen LogP contribution in [0.5, 0.6) is 0 Å². The molecule has 1 aliphatic carbocycles. The number of nitrogens with zero attached hydrogens (tertiary/aromatic N) is 3. The summed E-state index contributed by atoms with van der Waals surface area (Å²) in [5.74, 6) is 0.323. The summed E-state index contributed by atoms with van der Waals surface area (Å²) in [5, 5.41) is 3.33. The fourth-order valence-electron chi connectivity index (χ4n) is 4.91. The van der Waals surface area contributed by atoms with E-state index in [1.165, 1.54) is 11.4 Å². The highest BCUT2D eigenvalue weighted by Gasteiger charge is 2.33. The Morgan fingerprint density at radius 2 is 2.00 bits per heavy atom. The SMILES string of the molecule is CN1Cc2nc(CC(=O)C3CC3)cc(Nc3ccc(C4CCCOC4)cc3N(C)S(C)(=O)=O)c2C1=O. The topological polar surface area (TPSA) is 109 Å². The number of anilines is 3. The van der Waals surface area contributed by atoms with Gasteiger partial charge in [-0.3, -0.25) is 18.9 Å². The van der Waals surface area contributed by atoms with Gasteiger partial charge in [-0.1, -0.05) is 6.07 Å². The summed E-state index contributed by atoms with van der Waals surface area (Å²) in [4.78, 5) is 31.7. The van der Waals surface area contributed by atoms with Crippen molar-refractivity contribution in [2.24, 2.45) is 5.92 Å². The number of ketones is 1. The molecule has 2 fully saturated rings. The molecular formula is C26H32N4O5S. The summed E-state index contributed by atoms with van der Waals surface area (Å²) < 4.78 is 31.9. The van der Waals surface area contributed by atoms with Crippen LogP contribution in [0.15, 0.2) is 24.3 Å². The van der Waals surface area contributed by atoms with Gasteiger partial charge in [0.25, 0.3) is 5.91 Å². The van der Waals surface area contributed by atoms with Crippen molar-refractivity contribution in [3.05, 3.63) is 46.8 Å². The Morgan fingerprint density at radius 3 is 2.67 bits per heavy atom. The largest absolute Gasteiger partial charge is 0.381 e. The standard InChI is InChI=1S/C26H32N4O5S/c1-29-14-22-25(26(29)32)21(12-19(27-22)13-24(31)16-6-7-16)28-20-9-8-17(18-5-4-10-35-15-18)11-23(20)30(2)36(3,33)34/h8-9,11-12,16,18H,4-7,10,13-15H2,1-3H3,(H,27,28). The fourth-order valence-corrected chi connectivity index (χ4v) is 5.42. The first-order chi connectivity index (χ1) is 17.1. The Balaban J connectivity index is 1.55. The van der Waals surface area contributed by atoms with Crippen molar-refractivity contribution in [3.63, 3.8) is 0 Å². The first-order valence-corrected chi connectivity index (χ1v) is 14.2. The van der Waals surface area contributed by atoms with E-state index in [-0.39, 0.29) is 29.9 Å². The van der Waals surface area contributed by atoms with Crippen molar-refractivity contribution in [1.29, 1.82) is 0 Å². The number of amides is 1. The van der Waals surface area contributed by atoms with E-state index in [2.05, 4.69) is 10.3 Å². The smallest absolute Gasteiger partial charge is 0.257 e. The lowest BCUT2D eigenvalue weighted by Gasteiger charge is -2.26. The Kier molecular flexibility index (Phi) is 6.50. The highest BCUT2D eigenvalue weighted by atomic mass is 32.2. The number of hydrogen-bond donors (Lipinski definition) is 1. The van der Waals surface area contributed by atoms with Gasteiger partial charge in [0, 0.05) is 39.0 Å². The summed E-state index contributed by atoms with van der Waals surface area (Å²) in [5.41, 5.74) is 4.28. The highest BCUT2D eigenvalue weighted by molar-refractivity contribution is 7.92. The molecule has 0 spiro atoms. The van der Waals surface area contributed by atoms with Crippen molar-refractivity contribution in [2.45, 2.75) is 44.6 Å². The molecule has 1 saturated heterocycles. The van der Waals surface area contributed by atoms with Gasteiger partial charge in [-0.15, -0.1) is 0 Å². The first kappa shape index (κ1) is 24.7. The van der Waals surface area contributed by atoms with E-state index in [1.807, 2.05) is 18.2 Å². The number of aromatic nitrogens is 1. The van der Waals surface area contributed by atoms with Gasteiger partial charge >= 0.3 is 0 Å². The van der Waals surface area contributed by atoms with Gasteiger partial charge in [0.15, 0.2) is 0 Å². The zero-order valence-electron chi connectivity index (χ0n) is 20.9. The number of rotatable bonds is 8. The highest BCUT2D eigenvalue weighted by Crippen LogP contribution is 2.38. The van der Waals surface area contributed by atoms with E-state index in [9.17, 15) is 18.0 Å². The molecule has 3 heterocycles. The zero-order valence-corrected chi connectivity index (χ0v) is 21.7. The summed E-state index contributed by atoms with van der Waals surface area (Å²) in [6.45, 7) is 1.71. The van der Waals surface area contributed by atoms with Crippen LogP contribution in [0.25, 0.3) is 0 Å². The molecule has 9 nitrogen and oxygen atoms in total. The molecule has 1 N–H and O–H groups in total. The van der Waals surface area contributed by atoms with Gasteiger partial charge in [0.05, 0.1) is 53.4 Å². The van der Waals surface area contributed by atoms with Crippen LogP contribution in [0.1, 0.15) is 58.9 Å². The molecule has 1 amide bonds. The van der Waals surface area contributed by atoms with Crippen molar-refractivity contribution in [3.8, 4) is 0 Å². The van der Waals surface area contributed by atoms with Crippen molar-refractivity contribution in [2.75, 3.05) is 43.2 Å². The Hall–Kier alpha value is -2.98. The predicted octanol–water partition coefficient (Wildman–Crippen LogP) is 3.22. The molecule has 1 aromatic heterocycles. The third kappa shape index (κ3) is 4.97. The zero-order chi connectivity index (χ0) is 25.6.